The van der Waals surface area contributed by atoms with Crippen molar-refractivity contribution < 1.29 is 4.79 Å². The van der Waals surface area contributed by atoms with E-state index < -0.39 is 0 Å². The molecule has 3 heteroatoms. The van der Waals surface area contributed by atoms with E-state index >= 15 is 0 Å². The maximum absolute atomic E-state index is 11.7. The van der Waals surface area contributed by atoms with Gasteiger partial charge in [-0.3, -0.25) is 4.79 Å². The van der Waals surface area contributed by atoms with Gasteiger partial charge in [-0.2, -0.15) is 0 Å². The van der Waals surface area contributed by atoms with Crippen LogP contribution in [0.4, 0.5) is 4.79 Å². The quantitative estimate of drug-likeness (QED) is 0.636. The monoisotopic (exact) mass is 186 g/mol. The maximum atomic E-state index is 11.7. The third-order valence-corrected chi connectivity index (χ3v) is 2.51. The van der Waals surface area contributed by atoms with E-state index in [1.54, 1.807) is 7.28 Å². The number of nitrogens with zero attached hydrogens (tertiary/aromatic N) is 1. The zero-order chi connectivity index (χ0) is 9.80. The van der Waals surface area contributed by atoms with E-state index in [2.05, 4.69) is 0 Å². The lowest BCUT2D eigenvalue weighted by molar-refractivity contribution is 0.232. The van der Waals surface area contributed by atoms with Crippen molar-refractivity contribution in [3.8, 4) is 0 Å². The summed E-state index contributed by atoms with van der Waals surface area (Å²) in [6.07, 6.45) is 2.29. The van der Waals surface area contributed by atoms with Crippen molar-refractivity contribution in [2.45, 2.75) is 12.8 Å². The summed E-state index contributed by atoms with van der Waals surface area (Å²) in [7, 11) is 1.71. The molecular weight excluding hydrogens is 173 g/mol. The summed E-state index contributed by atoms with van der Waals surface area (Å²) in [6, 6.07) is 9.76. The van der Waals surface area contributed by atoms with Crippen molar-refractivity contribution in [1.29, 1.82) is 0 Å². The Bertz CT molecular complexity index is 306. The van der Waals surface area contributed by atoms with E-state index in [1.807, 2.05) is 35.2 Å². The number of likely N-dealkylation sites (tertiary alicyclic amines) is 1. The Balaban J connectivity index is 1.94. The molecule has 0 N–H and O–H groups in total. The predicted molar refractivity (Wildman–Crippen MR) is 58.0 cm³/mol. The van der Waals surface area contributed by atoms with Crippen LogP contribution >= 0.6 is 0 Å². The topological polar surface area (TPSA) is 20.3 Å². The summed E-state index contributed by atoms with van der Waals surface area (Å²) < 4.78 is 0. The minimum atomic E-state index is 0.147. The molecule has 1 heterocycles. The molecule has 2 nitrogen and oxygen atoms in total. The first-order valence-corrected chi connectivity index (χ1v) is 5.05. The number of carbonyl (C=O) groups excluding carboxylic acids is 1. The highest BCUT2D eigenvalue weighted by atomic mass is 16.2. The van der Waals surface area contributed by atoms with Crippen molar-refractivity contribution in [3.05, 3.63) is 30.3 Å². The van der Waals surface area contributed by atoms with Gasteiger partial charge in [-0.05, 0) is 12.8 Å². The lowest BCUT2D eigenvalue weighted by Crippen LogP contribution is -2.36. The smallest absolute Gasteiger partial charge is 0.271 e. The van der Waals surface area contributed by atoms with Crippen LogP contribution < -0.4 is 5.46 Å². The number of amides is 1. The minimum Gasteiger partial charge on any atom is -0.352 e. The van der Waals surface area contributed by atoms with Crippen LogP contribution in [0, 0.1) is 0 Å². The van der Waals surface area contributed by atoms with E-state index in [-0.39, 0.29) is 5.81 Å². The number of rotatable bonds is 2. The van der Waals surface area contributed by atoms with Gasteiger partial charge in [0.1, 0.15) is 0 Å². The van der Waals surface area contributed by atoms with Crippen LogP contribution in [0.15, 0.2) is 30.3 Å². The molecule has 1 radical (unpaired) electrons. The van der Waals surface area contributed by atoms with E-state index in [1.165, 1.54) is 0 Å². The molecule has 71 valence electrons. The molecule has 1 aromatic carbocycles. The second kappa shape index (κ2) is 4.31. The zero-order valence-corrected chi connectivity index (χ0v) is 8.15. The molecule has 0 aliphatic carbocycles. The lowest BCUT2D eigenvalue weighted by atomic mass is 9.69. The van der Waals surface area contributed by atoms with Gasteiger partial charge in [0.2, 0.25) is 0 Å². The number of hydrogen-bond donors (Lipinski definition) is 0. The van der Waals surface area contributed by atoms with Gasteiger partial charge < -0.3 is 4.90 Å². The third-order valence-electron chi connectivity index (χ3n) is 2.51. The second-order valence-electron chi connectivity index (χ2n) is 3.59. The normalized spacial score (nSPS) is 15.6. The van der Waals surface area contributed by atoms with E-state index in [0.717, 1.165) is 31.4 Å². The molecule has 1 aliphatic heterocycles. The SMILES string of the molecule is O=C([B]c1ccccc1)N1CCCC1. The molecule has 1 aromatic rings. The summed E-state index contributed by atoms with van der Waals surface area (Å²) in [6.45, 7) is 1.84. The van der Waals surface area contributed by atoms with Crippen LogP contribution in [0.5, 0.6) is 0 Å². The fourth-order valence-electron chi connectivity index (χ4n) is 1.72. The van der Waals surface area contributed by atoms with Crippen molar-refractivity contribution in [3.63, 3.8) is 0 Å². The first-order valence-electron chi connectivity index (χ1n) is 5.05. The van der Waals surface area contributed by atoms with Crippen molar-refractivity contribution in [2.75, 3.05) is 13.1 Å². The number of hydrogen-bond acceptors (Lipinski definition) is 1. The Morgan fingerprint density at radius 2 is 1.79 bits per heavy atom. The highest BCUT2D eigenvalue weighted by molar-refractivity contribution is 6.83. The van der Waals surface area contributed by atoms with E-state index in [9.17, 15) is 4.79 Å². The molecule has 0 unspecified atom stereocenters. The molecule has 0 bridgehead atoms. The van der Waals surface area contributed by atoms with E-state index in [4.69, 9.17) is 0 Å². The molecule has 1 amide bonds. The Morgan fingerprint density at radius 1 is 1.14 bits per heavy atom. The number of carbonyl (C=O) groups is 1. The molecular formula is C11H13BNO. The van der Waals surface area contributed by atoms with Crippen LogP contribution in [0.3, 0.4) is 0 Å². The largest absolute Gasteiger partial charge is 0.352 e. The summed E-state index contributed by atoms with van der Waals surface area (Å²) in [5.41, 5.74) is 0.990. The van der Waals surface area contributed by atoms with Gasteiger partial charge in [0.25, 0.3) is 7.28 Å². The van der Waals surface area contributed by atoms with Crippen molar-refractivity contribution in [2.24, 2.45) is 0 Å². The standard InChI is InChI=1S/C11H13BNO/c14-11(13-8-4-5-9-13)12-10-6-2-1-3-7-10/h1-3,6-7H,4-5,8-9H2. The first kappa shape index (κ1) is 9.32. The molecule has 14 heavy (non-hydrogen) atoms. The highest BCUT2D eigenvalue weighted by Gasteiger charge is 2.18. The minimum absolute atomic E-state index is 0.147. The Hall–Kier alpha value is -1.25. The lowest BCUT2D eigenvalue weighted by Gasteiger charge is -2.14. The van der Waals surface area contributed by atoms with Crippen LogP contribution in [-0.4, -0.2) is 31.1 Å². The fourth-order valence-corrected chi connectivity index (χ4v) is 1.72. The zero-order valence-electron chi connectivity index (χ0n) is 8.15. The summed E-state index contributed by atoms with van der Waals surface area (Å²) in [5, 5.41) is 0. The van der Waals surface area contributed by atoms with Gasteiger partial charge in [-0.25, -0.2) is 0 Å². The Morgan fingerprint density at radius 3 is 2.43 bits per heavy atom. The molecule has 1 aliphatic rings. The second-order valence-corrected chi connectivity index (χ2v) is 3.59. The number of benzene rings is 1. The van der Waals surface area contributed by atoms with Gasteiger partial charge in [0.15, 0.2) is 5.81 Å². The summed E-state index contributed by atoms with van der Waals surface area (Å²) >= 11 is 0. The predicted octanol–water partition coefficient (Wildman–Crippen LogP) is 1.23. The molecule has 0 saturated carbocycles. The van der Waals surface area contributed by atoms with Crippen LogP contribution in [0.25, 0.3) is 0 Å². The van der Waals surface area contributed by atoms with Crippen molar-refractivity contribution >= 4 is 18.5 Å². The average molecular weight is 186 g/mol. The first-order chi connectivity index (χ1) is 6.86. The molecule has 0 aromatic heterocycles. The van der Waals surface area contributed by atoms with Gasteiger partial charge >= 0.3 is 0 Å². The average Bonchev–Trinajstić information content (AvgIpc) is 2.72. The van der Waals surface area contributed by atoms with Gasteiger partial charge in [0, 0.05) is 13.1 Å². The highest BCUT2D eigenvalue weighted by Crippen LogP contribution is 2.07. The molecule has 0 spiro atoms. The molecule has 1 fully saturated rings. The van der Waals surface area contributed by atoms with Crippen LogP contribution in [0.1, 0.15) is 12.8 Å². The van der Waals surface area contributed by atoms with Crippen molar-refractivity contribution in [1.82, 2.24) is 4.90 Å². The van der Waals surface area contributed by atoms with E-state index in [0.29, 0.717) is 0 Å². The molecule has 1 saturated heterocycles. The fraction of sp³-hybridized carbons (Fsp3) is 0.364. The van der Waals surface area contributed by atoms with Gasteiger partial charge in [-0.15, -0.1) is 0 Å². The van der Waals surface area contributed by atoms with Gasteiger partial charge in [-0.1, -0.05) is 35.8 Å². The van der Waals surface area contributed by atoms with Crippen LogP contribution in [0.2, 0.25) is 0 Å². The van der Waals surface area contributed by atoms with Crippen LogP contribution in [-0.2, 0) is 0 Å². The Labute approximate surface area is 85.2 Å². The summed E-state index contributed by atoms with van der Waals surface area (Å²) in [4.78, 5) is 13.6. The van der Waals surface area contributed by atoms with Gasteiger partial charge in [0.05, 0.1) is 0 Å². The third kappa shape index (κ3) is 2.16. The Kier molecular flexibility index (Phi) is 2.87. The summed E-state index contributed by atoms with van der Waals surface area (Å²) in [5.74, 6) is 0.147. The maximum Gasteiger partial charge on any atom is 0.271 e. The molecule has 0 atom stereocenters. The molecule has 2 rings (SSSR count).